The van der Waals surface area contributed by atoms with E-state index >= 15 is 0 Å². The summed E-state index contributed by atoms with van der Waals surface area (Å²) in [5.74, 6) is 0.200. The number of fused-ring (bicyclic) bond motifs is 3. The van der Waals surface area contributed by atoms with Gasteiger partial charge in [-0.2, -0.15) is 0 Å². The van der Waals surface area contributed by atoms with Crippen LogP contribution in [0.15, 0.2) is 12.1 Å². The van der Waals surface area contributed by atoms with Gasteiger partial charge in [-0.25, -0.2) is 0 Å². The number of hydrogen-bond acceptors (Lipinski definition) is 10. The first-order valence-electron chi connectivity index (χ1n) is 9.87. The van der Waals surface area contributed by atoms with Crippen molar-refractivity contribution in [2.45, 2.75) is 74.2 Å². The van der Waals surface area contributed by atoms with Gasteiger partial charge in [-0.3, -0.25) is 0 Å². The maximum absolute atomic E-state index is 11.6. The molecule has 4 rings (SSSR count). The minimum Gasteiger partial charge on any atom is -0.504 e. The molecule has 10 nitrogen and oxygen atoms in total. The number of phenols is 1. The minimum absolute atomic E-state index is 0.0384. The van der Waals surface area contributed by atoms with Crippen molar-refractivity contribution in [1.29, 1.82) is 0 Å². The Labute approximate surface area is 172 Å². The van der Waals surface area contributed by atoms with Crippen molar-refractivity contribution in [2.24, 2.45) is 0 Å². The number of rotatable bonds is 3. The molecule has 0 bridgehead atoms. The van der Waals surface area contributed by atoms with Crippen molar-refractivity contribution in [3.8, 4) is 11.5 Å². The summed E-state index contributed by atoms with van der Waals surface area (Å²) >= 11 is 0. The number of phenolic OH excluding ortho intramolecular Hbond substituents is 1. The summed E-state index contributed by atoms with van der Waals surface area (Å²) in [4.78, 5) is 0. The Kier molecular flexibility index (Phi) is 5.27. The zero-order chi connectivity index (χ0) is 22.0. The zero-order valence-electron chi connectivity index (χ0n) is 16.7. The first-order valence-corrected chi connectivity index (χ1v) is 9.87. The van der Waals surface area contributed by atoms with Crippen LogP contribution >= 0.6 is 0 Å². The summed E-state index contributed by atoms with van der Waals surface area (Å²) in [5, 5.41) is 72.3. The van der Waals surface area contributed by atoms with Crippen LogP contribution in [0.1, 0.15) is 24.5 Å². The summed E-state index contributed by atoms with van der Waals surface area (Å²) in [6, 6.07) is 3.41. The molecule has 1 saturated carbocycles. The minimum atomic E-state index is -1.75. The van der Waals surface area contributed by atoms with Gasteiger partial charge in [-0.15, -0.1) is 0 Å². The smallest absolute Gasteiger partial charge is 0.187 e. The molecule has 30 heavy (non-hydrogen) atoms. The van der Waals surface area contributed by atoms with E-state index in [1.54, 1.807) is 26.0 Å². The van der Waals surface area contributed by atoms with Gasteiger partial charge in [-0.1, -0.05) is 19.1 Å². The van der Waals surface area contributed by atoms with Gasteiger partial charge in [0, 0.05) is 11.0 Å². The Bertz CT molecular complexity index is 815. The summed E-state index contributed by atoms with van der Waals surface area (Å²) in [5.41, 5.74) is -1.68. The molecule has 2 fully saturated rings. The average Bonchev–Trinajstić information content (AvgIpc) is 2.90. The van der Waals surface area contributed by atoms with Gasteiger partial charge in [0.25, 0.3) is 0 Å². The second-order valence-electron chi connectivity index (χ2n) is 8.68. The zero-order valence-corrected chi connectivity index (χ0v) is 16.7. The van der Waals surface area contributed by atoms with E-state index in [0.717, 1.165) is 0 Å². The second kappa shape index (κ2) is 7.28. The monoisotopic (exact) mass is 428 g/mol. The third-order valence-electron chi connectivity index (χ3n) is 6.89. The molecule has 7 N–H and O–H groups in total. The van der Waals surface area contributed by atoms with E-state index < -0.39 is 60.5 Å². The Morgan fingerprint density at radius 1 is 1.13 bits per heavy atom. The predicted octanol–water partition coefficient (Wildman–Crippen LogP) is -1.97. The third kappa shape index (κ3) is 2.87. The van der Waals surface area contributed by atoms with Gasteiger partial charge in [-0.05, 0) is 18.9 Å². The predicted molar refractivity (Wildman–Crippen MR) is 99.9 cm³/mol. The summed E-state index contributed by atoms with van der Waals surface area (Å²) in [6.45, 7) is 2.52. The fourth-order valence-corrected chi connectivity index (χ4v) is 4.88. The number of aryl methyl sites for hydroxylation is 1. The lowest BCUT2D eigenvalue weighted by Gasteiger charge is -2.48. The van der Waals surface area contributed by atoms with E-state index in [1.165, 1.54) is 0 Å². The molecule has 1 saturated heterocycles. The van der Waals surface area contributed by atoms with Crippen molar-refractivity contribution < 1.29 is 50.0 Å². The van der Waals surface area contributed by atoms with E-state index in [0.29, 0.717) is 11.1 Å². The molecule has 0 radical (unpaired) electrons. The van der Waals surface area contributed by atoms with Gasteiger partial charge in [0.15, 0.2) is 17.8 Å². The van der Waals surface area contributed by atoms with E-state index in [-0.39, 0.29) is 24.5 Å². The maximum Gasteiger partial charge on any atom is 0.187 e. The fourth-order valence-electron chi connectivity index (χ4n) is 4.88. The number of hydrogen-bond donors (Lipinski definition) is 7. The molecular formula is C20H28O10. The quantitative estimate of drug-likeness (QED) is 0.287. The van der Waals surface area contributed by atoms with Crippen LogP contribution in [-0.4, -0.2) is 97.5 Å². The molecule has 0 aromatic heterocycles. The third-order valence-corrected chi connectivity index (χ3v) is 6.89. The van der Waals surface area contributed by atoms with E-state index in [2.05, 4.69) is 0 Å². The summed E-state index contributed by atoms with van der Waals surface area (Å²) in [6.07, 6.45) is -9.97. The number of ether oxygens (including phenoxy) is 3. The first kappa shape index (κ1) is 21.7. The Morgan fingerprint density at radius 3 is 2.50 bits per heavy atom. The highest BCUT2D eigenvalue weighted by molar-refractivity contribution is 5.56. The van der Waals surface area contributed by atoms with Crippen molar-refractivity contribution in [3.63, 3.8) is 0 Å². The number of benzene rings is 1. The first-order chi connectivity index (χ1) is 14.0. The summed E-state index contributed by atoms with van der Waals surface area (Å²) in [7, 11) is 0. The van der Waals surface area contributed by atoms with Crippen molar-refractivity contribution in [2.75, 3.05) is 13.2 Å². The molecule has 0 spiro atoms. The molecule has 0 unspecified atom stereocenters. The highest BCUT2D eigenvalue weighted by atomic mass is 16.7. The van der Waals surface area contributed by atoms with E-state index in [1.807, 2.05) is 0 Å². The molecule has 9 atom stereocenters. The summed E-state index contributed by atoms with van der Waals surface area (Å²) < 4.78 is 16.8. The molecule has 2 heterocycles. The Hall–Kier alpha value is -1.50. The van der Waals surface area contributed by atoms with Crippen molar-refractivity contribution in [3.05, 3.63) is 23.3 Å². The lowest BCUT2D eigenvalue weighted by molar-refractivity contribution is -0.329. The topological polar surface area (TPSA) is 169 Å². The molecule has 1 aromatic rings. The normalized spacial score (nSPS) is 45.5. The SMILES string of the molecule is Cc1ccc2c(c1O)OC[C@]1(O)[C@H](O[C@@H]3O[C@H](CO)[C@@H](O)[C@H](O)[C@H]3O)[C@H](O)C[C@]21C. The van der Waals surface area contributed by atoms with Crippen LogP contribution in [-0.2, 0) is 14.9 Å². The van der Waals surface area contributed by atoms with Gasteiger partial charge < -0.3 is 50.0 Å². The maximum atomic E-state index is 11.6. The van der Waals surface area contributed by atoms with E-state index in [4.69, 9.17) is 14.2 Å². The van der Waals surface area contributed by atoms with Crippen LogP contribution in [0.4, 0.5) is 0 Å². The van der Waals surface area contributed by atoms with Gasteiger partial charge in [0.1, 0.15) is 42.7 Å². The Morgan fingerprint density at radius 2 is 1.83 bits per heavy atom. The average molecular weight is 428 g/mol. The molecule has 10 heteroatoms. The number of aromatic hydroxyl groups is 1. The molecule has 3 aliphatic rings. The van der Waals surface area contributed by atoms with Gasteiger partial charge in [0.2, 0.25) is 0 Å². The van der Waals surface area contributed by atoms with Crippen molar-refractivity contribution in [1.82, 2.24) is 0 Å². The molecule has 1 aromatic carbocycles. The van der Waals surface area contributed by atoms with Crippen LogP contribution in [0.5, 0.6) is 11.5 Å². The van der Waals surface area contributed by atoms with E-state index in [9.17, 15) is 35.7 Å². The highest BCUT2D eigenvalue weighted by Crippen LogP contribution is 2.57. The fraction of sp³-hybridized carbons (Fsp3) is 0.700. The largest absolute Gasteiger partial charge is 0.504 e. The van der Waals surface area contributed by atoms with Crippen LogP contribution < -0.4 is 4.74 Å². The number of aliphatic hydroxyl groups is 6. The molecule has 168 valence electrons. The van der Waals surface area contributed by atoms with Gasteiger partial charge in [0.05, 0.1) is 12.7 Å². The highest BCUT2D eigenvalue weighted by Gasteiger charge is 2.66. The van der Waals surface area contributed by atoms with Crippen LogP contribution in [0.25, 0.3) is 0 Å². The standard InChI is InChI=1S/C20H28O10/c1-8-3-4-9-16(12(8)23)28-7-20(27)17(10(22)5-19(9,20)2)30-18-15(26)14(25)13(24)11(6-21)29-18/h3-4,10-11,13-15,17-18,21-27H,5-7H2,1-2H3/t10-,11-,13-,14+,15-,17-,18+,19-,20+/m1/s1. The van der Waals surface area contributed by atoms with Crippen molar-refractivity contribution >= 4 is 0 Å². The second-order valence-corrected chi connectivity index (χ2v) is 8.68. The number of aliphatic hydroxyl groups excluding tert-OH is 5. The lowest BCUT2D eigenvalue weighted by Crippen LogP contribution is -2.64. The van der Waals surface area contributed by atoms with Crippen LogP contribution in [0, 0.1) is 6.92 Å². The molecule has 0 amide bonds. The molecule has 1 aliphatic carbocycles. The lowest BCUT2D eigenvalue weighted by atomic mass is 9.68. The van der Waals surface area contributed by atoms with Crippen LogP contribution in [0.2, 0.25) is 0 Å². The molecular weight excluding hydrogens is 400 g/mol. The molecule has 2 aliphatic heterocycles. The Balaban J connectivity index is 1.66. The van der Waals surface area contributed by atoms with Crippen LogP contribution in [0.3, 0.4) is 0 Å². The van der Waals surface area contributed by atoms with Gasteiger partial charge >= 0.3 is 0 Å².